The minimum atomic E-state index is 0.155. The molecule has 2 aromatic carbocycles. The lowest BCUT2D eigenvalue weighted by Gasteiger charge is -2.10. The van der Waals surface area contributed by atoms with E-state index < -0.39 is 0 Å². The van der Waals surface area contributed by atoms with Crippen molar-refractivity contribution >= 4 is 11.8 Å². The lowest BCUT2D eigenvalue weighted by molar-refractivity contribution is 0.325. The van der Waals surface area contributed by atoms with Crippen LogP contribution in [0.1, 0.15) is 30.5 Å². The van der Waals surface area contributed by atoms with Gasteiger partial charge in [0.1, 0.15) is 0 Å². The summed E-state index contributed by atoms with van der Waals surface area (Å²) in [5, 5.41) is 15.8. The molecule has 0 amide bonds. The van der Waals surface area contributed by atoms with E-state index in [1.54, 1.807) is 0 Å². The first kappa shape index (κ1) is 20.2. The molecule has 3 aromatic rings. The van der Waals surface area contributed by atoms with Gasteiger partial charge in [0.25, 0.3) is 0 Å². The molecule has 0 saturated carbocycles. The summed E-state index contributed by atoms with van der Waals surface area (Å²) in [7, 11) is 0. The number of aryl methyl sites for hydroxylation is 1. The van der Waals surface area contributed by atoms with Crippen molar-refractivity contribution in [1.29, 1.82) is 10.8 Å². The fourth-order valence-electron chi connectivity index (χ4n) is 2.88. The molecule has 0 saturated heterocycles. The SMILES string of the molecule is CCOC(=N)c1ccc(-c2ncc(C)c(-c3ccc(C(=N)OCC)cc3)n2)cc1. The first-order valence-corrected chi connectivity index (χ1v) is 9.51. The van der Waals surface area contributed by atoms with Crippen molar-refractivity contribution in [3.8, 4) is 22.6 Å². The van der Waals surface area contributed by atoms with Gasteiger partial charge in [0.2, 0.25) is 11.8 Å². The first-order chi connectivity index (χ1) is 14.0. The summed E-state index contributed by atoms with van der Waals surface area (Å²) in [6.45, 7) is 6.63. The fraction of sp³-hybridized carbons (Fsp3) is 0.217. The summed E-state index contributed by atoms with van der Waals surface area (Å²) in [6, 6.07) is 15.1. The van der Waals surface area contributed by atoms with E-state index in [9.17, 15) is 0 Å². The summed E-state index contributed by atoms with van der Waals surface area (Å²) < 4.78 is 10.5. The molecule has 1 heterocycles. The number of nitrogens with zero attached hydrogens (tertiary/aromatic N) is 2. The number of aromatic nitrogens is 2. The van der Waals surface area contributed by atoms with Gasteiger partial charge in [0, 0.05) is 28.5 Å². The maximum absolute atomic E-state index is 7.90. The average molecular weight is 388 g/mol. The highest BCUT2D eigenvalue weighted by Crippen LogP contribution is 2.25. The zero-order valence-corrected chi connectivity index (χ0v) is 16.8. The van der Waals surface area contributed by atoms with E-state index in [4.69, 9.17) is 25.3 Å². The molecule has 0 aliphatic carbocycles. The van der Waals surface area contributed by atoms with Crippen LogP contribution in [0.15, 0.2) is 54.7 Å². The lowest BCUT2D eigenvalue weighted by Crippen LogP contribution is -2.04. The quantitative estimate of drug-likeness (QED) is 0.467. The van der Waals surface area contributed by atoms with Crippen LogP contribution in [0, 0.1) is 17.7 Å². The Morgan fingerprint density at radius 2 is 1.28 bits per heavy atom. The summed E-state index contributed by atoms with van der Waals surface area (Å²) in [5.74, 6) is 0.936. The summed E-state index contributed by atoms with van der Waals surface area (Å²) in [6.07, 6.45) is 1.81. The minimum Gasteiger partial charge on any atom is -0.478 e. The largest absolute Gasteiger partial charge is 0.478 e. The van der Waals surface area contributed by atoms with E-state index in [0.29, 0.717) is 19.0 Å². The van der Waals surface area contributed by atoms with Crippen molar-refractivity contribution < 1.29 is 9.47 Å². The van der Waals surface area contributed by atoms with Gasteiger partial charge in [0.15, 0.2) is 5.82 Å². The Balaban J connectivity index is 1.88. The molecule has 0 unspecified atom stereocenters. The molecule has 0 aliphatic heterocycles. The Morgan fingerprint density at radius 1 is 0.793 bits per heavy atom. The van der Waals surface area contributed by atoms with Crippen molar-refractivity contribution in [3.05, 3.63) is 71.4 Å². The van der Waals surface area contributed by atoms with Gasteiger partial charge in [-0.2, -0.15) is 0 Å². The maximum Gasteiger partial charge on any atom is 0.213 e. The second-order valence-electron chi connectivity index (χ2n) is 6.40. The van der Waals surface area contributed by atoms with Gasteiger partial charge in [-0.05, 0) is 50.6 Å². The van der Waals surface area contributed by atoms with Crippen molar-refractivity contribution in [2.24, 2.45) is 0 Å². The monoisotopic (exact) mass is 388 g/mol. The molecule has 148 valence electrons. The highest BCUT2D eigenvalue weighted by molar-refractivity contribution is 5.92. The molecule has 29 heavy (non-hydrogen) atoms. The fourth-order valence-corrected chi connectivity index (χ4v) is 2.88. The minimum absolute atomic E-state index is 0.155. The van der Waals surface area contributed by atoms with Crippen LogP contribution >= 0.6 is 0 Å². The van der Waals surface area contributed by atoms with Gasteiger partial charge in [0.05, 0.1) is 18.9 Å². The highest BCUT2D eigenvalue weighted by atomic mass is 16.5. The predicted molar refractivity (Wildman–Crippen MR) is 115 cm³/mol. The second-order valence-corrected chi connectivity index (χ2v) is 6.40. The molecular weight excluding hydrogens is 364 g/mol. The number of rotatable bonds is 6. The smallest absolute Gasteiger partial charge is 0.213 e. The molecule has 0 spiro atoms. The third kappa shape index (κ3) is 4.66. The molecule has 2 N–H and O–H groups in total. The number of benzene rings is 2. The molecule has 0 radical (unpaired) electrons. The third-order valence-electron chi connectivity index (χ3n) is 4.37. The maximum atomic E-state index is 7.90. The van der Waals surface area contributed by atoms with E-state index in [1.807, 2.05) is 75.5 Å². The van der Waals surface area contributed by atoms with Crippen molar-refractivity contribution in [3.63, 3.8) is 0 Å². The van der Waals surface area contributed by atoms with Crippen LogP contribution in [0.3, 0.4) is 0 Å². The van der Waals surface area contributed by atoms with Gasteiger partial charge < -0.3 is 9.47 Å². The van der Waals surface area contributed by atoms with Gasteiger partial charge in [-0.25, -0.2) is 9.97 Å². The lowest BCUT2D eigenvalue weighted by atomic mass is 10.0. The Morgan fingerprint density at radius 3 is 1.76 bits per heavy atom. The highest BCUT2D eigenvalue weighted by Gasteiger charge is 2.10. The average Bonchev–Trinajstić information content (AvgIpc) is 2.75. The number of hydrogen-bond acceptors (Lipinski definition) is 6. The van der Waals surface area contributed by atoms with Crippen LogP contribution in [-0.2, 0) is 9.47 Å². The number of hydrogen-bond donors (Lipinski definition) is 2. The normalized spacial score (nSPS) is 10.4. The summed E-state index contributed by atoms with van der Waals surface area (Å²) in [4.78, 5) is 9.22. The first-order valence-electron chi connectivity index (χ1n) is 9.51. The van der Waals surface area contributed by atoms with Gasteiger partial charge >= 0.3 is 0 Å². The van der Waals surface area contributed by atoms with E-state index in [0.717, 1.165) is 33.5 Å². The standard InChI is InChI=1S/C23H24N4O2/c1-4-28-21(24)17-8-6-16(7-9-17)20-15(3)14-26-23(27-20)19-12-10-18(11-13-19)22(25)29-5-2/h6-14,24-25H,4-5H2,1-3H3. The second kappa shape index (κ2) is 9.10. The van der Waals surface area contributed by atoms with Crippen molar-refractivity contribution in [2.45, 2.75) is 20.8 Å². The van der Waals surface area contributed by atoms with Crippen LogP contribution in [-0.4, -0.2) is 35.0 Å². The van der Waals surface area contributed by atoms with E-state index >= 15 is 0 Å². The van der Waals surface area contributed by atoms with Crippen molar-refractivity contribution in [2.75, 3.05) is 13.2 Å². The molecule has 0 bridgehead atoms. The van der Waals surface area contributed by atoms with E-state index in [2.05, 4.69) is 4.98 Å². The number of ether oxygens (including phenoxy) is 2. The molecule has 0 fully saturated rings. The topological polar surface area (TPSA) is 91.9 Å². The van der Waals surface area contributed by atoms with E-state index in [1.165, 1.54) is 0 Å². The van der Waals surface area contributed by atoms with Crippen molar-refractivity contribution in [1.82, 2.24) is 9.97 Å². The van der Waals surface area contributed by atoms with Gasteiger partial charge in [-0.3, -0.25) is 10.8 Å². The van der Waals surface area contributed by atoms with Gasteiger partial charge in [-0.15, -0.1) is 0 Å². The Hall–Kier alpha value is -3.54. The van der Waals surface area contributed by atoms with Gasteiger partial charge in [-0.1, -0.05) is 24.3 Å². The molecule has 3 rings (SSSR count). The molecule has 6 nitrogen and oxygen atoms in total. The predicted octanol–water partition coefficient (Wildman–Crippen LogP) is 4.84. The Bertz CT molecular complexity index is 1010. The Labute approximate surface area is 170 Å². The molecule has 1 aromatic heterocycles. The van der Waals surface area contributed by atoms with Crippen LogP contribution < -0.4 is 0 Å². The van der Waals surface area contributed by atoms with Crippen LogP contribution in [0.4, 0.5) is 0 Å². The zero-order chi connectivity index (χ0) is 20.8. The van der Waals surface area contributed by atoms with Crippen LogP contribution in [0.2, 0.25) is 0 Å². The van der Waals surface area contributed by atoms with Crippen LogP contribution in [0.25, 0.3) is 22.6 Å². The molecule has 6 heteroatoms. The number of nitrogens with one attached hydrogen (secondary N) is 2. The van der Waals surface area contributed by atoms with E-state index in [-0.39, 0.29) is 11.8 Å². The third-order valence-corrected chi connectivity index (χ3v) is 4.37. The molecular formula is C23H24N4O2. The molecule has 0 atom stereocenters. The zero-order valence-electron chi connectivity index (χ0n) is 16.8. The Kier molecular flexibility index (Phi) is 6.34. The summed E-state index contributed by atoms with van der Waals surface area (Å²) in [5.41, 5.74) is 5.08. The summed E-state index contributed by atoms with van der Waals surface area (Å²) >= 11 is 0. The molecule has 0 aliphatic rings. The van der Waals surface area contributed by atoms with Crippen LogP contribution in [0.5, 0.6) is 0 Å².